The van der Waals surface area contributed by atoms with E-state index in [1.165, 1.54) is 7.11 Å². The van der Waals surface area contributed by atoms with Crippen LogP contribution >= 0.6 is 27.3 Å². The number of carbonyl (C=O) groups excluding carboxylic acids is 1. The van der Waals surface area contributed by atoms with Crippen molar-refractivity contribution in [1.82, 2.24) is 0 Å². The van der Waals surface area contributed by atoms with Crippen LogP contribution in [-0.4, -0.2) is 13.1 Å². The number of thiophene rings is 1. The normalized spacial score (nSPS) is 11.9. The second-order valence-electron chi connectivity index (χ2n) is 4.08. The fraction of sp³-hybridized carbons (Fsp3) is 0.214. The Labute approximate surface area is 124 Å². The fourth-order valence-corrected chi connectivity index (χ4v) is 3.14. The van der Waals surface area contributed by atoms with Crippen molar-refractivity contribution in [3.63, 3.8) is 0 Å². The van der Waals surface area contributed by atoms with Gasteiger partial charge in [0.1, 0.15) is 0 Å². The first-order valence-corrected chi connectivity index (χ1v) is 7.43. The minimum atomic E-state index is -0.473. The Hall–Kier alpha value is -1.33. The second-order valence-corrected chi connectivity index (χ2v) is 5.94. The first-order valence-electron chi connectivity index (χ1n) is 5.75. The number of benzene rings is 1. The fourth-order valence-electron chi connectivity index (χ4n) is 1.77. The summed E-state index contributed by atoms with van der Waals surface area (Å²) in [5, 5.41) is 5.20. The average molecular weight is 340 g/mol. The van der Waals surface area contributed by atoms with Crippen molar-refractivity contribution in [2.75, 3.05) is 12.4 Å². The lowest BCUT2D eigenvalue weighted by atomic mass is 10.1. The standard InChI is InChI=1S/C14H14BrNO2S/c1-9-6-7-19-13(9)12(14(17)18-2)16-11-5-3-4-10(15)8-11/h3-8,12,16H,1-2H3. The van der Waals surface area contributed by atoms with Gasteiger partial charge in [0, 0.05) is 15.0 Å². The van der Waals surface area contributed by atoms with Gasteiger partial charge in [0.25, 0.3) is 0 Å². The van der Waals surface area contributed by atoms with Gasteiger partial charge in [-0.25, -0.2) is 4.79 Å². The number of rotatable bonds is 4. The Balaban J connectivity index is 2.29. The highest BCUT2D eigenvalue weighted by atomic mass is 79.9. The van der Waals surface area contributed by atoms with E-state index >= 15 is 0 Å². The van der Waals surface area contributed by atoms with E-state index in [1.807, 2.05) is 42.6 Å². The predicted molar refractivity (Wildman–Crippen MR) is 81.6 cm³/mol. The maximum absolute atomic E-state index is 12.0. The van der Waals surface area contributed by atoms with E-state index in [9.17, 15) is 4.79 Å². The first-order chi connectivity index (χ1) is 9.11. The van der Waals surface area contributed by atoms with Crippen molar-refractivity contribution in [3.05, 3.63) is 50.6 Å². The molecular weight excluding hydrogens is 326 g/mol. The highest BCUT2D eigenvalue weighted by Gasteiger charge is 2.24. The van der Waals surface area contributed by atoms with Crippen LogP contribution in [-0.2, 0) is 9.53 Å². The van der Waals surface area contributed by atoms with Crippen LogP contribution in [0.2, 0.25) is 0 Å². The number of ether oxygens (including phenoxy) is 1. The van der Waals surface area contributed by atoms with Gasteiger partial charge in [-0.3, -0.25) is 0 Å². The maximum Gasteiger partial charge on any atom is 0.333 e. The van der Waals surface area contributed by atoms with Gasteiger partial charge in [0.15, 0.2) is 6.04 Å². The molecule has 0 saturated carbocycles. The van der Waals surface area contributed by atoms with Gasteiger partial charge in [-0.05, 0) is 42.1 Å². The third kappa shape index (κ3) is 3.36. The van der Waals surface area contributed by atoms with Crippen LogP contribution in [0.1, 0.15) is 16.5 Å². The number of anilines is 1. The summed E-state index contributed by atoms with van der Waals surface area (Å²) in [4.78, 5) is 12.9. The number of hydrogen-bond donors (Lipinski definition) is 1. The molecule has 2 aromatic rings. The third-order valence-electron chi connectivity index (χ3n) is 2.74. The quantitative estimate of drug-likeness (QED) is 0.850. The Morgan fingerprint density at radius 1 is 1.42 bits per heavy atom. The number of carbonyl (C=O) groups is 1. The van der Waals surface area contributed by atoms with Crippen LogP contribution in [0.25, 0.3) is 0 Å². The minimum Gasteiger partial charge on any atom is -0.467 e. The predicted octanol–water partition coefficient (Wildman–Crippen LogP) is 4.15. The van der Waals surface area contributed by atoms with Gasteiger partial charge >= 0.3 is 5.97 Å². The maximum atomic E-state index is 12.0. The van der Waals surface area contributed by atoms with Crippen LogP contribution in [0.15, 0.2) is 40.2 Å². The lowest BCUT2D eigenvalue weighted by molar-refractivity contribution is -0.141. The Morgan fingerprint density at radius 2 is 2.21 bits per heavy atom. The molecule has 1 aromatic carbocycles. The number of hydrogen-bond acceptors (Lipinski definition) is 4. The lowest BCUT2D eigenvalue weighted by Crippen LogP contribution is -2.22. The monoisotopic (exact) mass is 339 g/mol. The molecule has 0 saturated heterocycles. The van der Waals surface area contributed by atoms with Crippen molar-refractivity contribution in [3.8, 4) is 0 Å². The van der Waals surface area contributed by atoms with E-state index < -0.39 is 6.04 Å². The highest BCUT2D eigenvalue weighted by molar-refractivity contribution is 9.10. The molecule has 0 aliphatic carbocycles. The number of nitrogens with one attached hydrogen (secondary N) is 1. The molecule has 3 nitrogen and oxygen atoms in total. The van der Waals surface area contributed by atoms with Gasteiger partial charge in [0.2, 0.25) is 0 Å². The SMILES string of the molecule is COC(=O)C(Nc1cccc(Br)c1)c1sccc1C. The first kappa shape index (κ1) is 14.1. The zero-order valence-electron chi connectivity index (χ0n) is 10.6. The highest BCUT2D eigenvalue weighted by Crippen LogP contribution is 2.29. The van der Waals surface area contributed by atoms with E-state index in [1.54, 1.807) is 11.3 Å². The average Bonchev–Trinajstić information content (AvgIpc) is 2.81. The van der Waals surface area contributed by atoms with Crippen LogP contribution < -0.4 is 5.32 Å². The number of halogens is 1. The summed E-state index contributed by atoms with van der Waals surface area (Å²) in [5.41, 5.74) is 1.96. The summed E-state index contributed by atoms with van der Waals surface area (Å²) >= 11 is 4.97. The molecule has 0 amide bonds. The van der Waals surface area contributed by atoms with Crippen molar-refractivity contribution in [2.24, 2.45) is 0 Å². The van der Waals surface area contributed by atoms with E-state index in [0.717, 1.165) is 20.6 Å². The van der Waals surface area contributed by atoms with Gasteiger partial charge in [-0.1, -0.05) is 22.0 Å². The summed E-state index contributed by atoms with van der Waals surface area (Å²) in [5.74, 6) is -0.287. The van der Waals surface area contributed by atoms with E-state index in [4.69, 9.17) is 4.74 Å². The molecule has 2 rings (SSSR count). The topological polar surface area (TPSA) is 38.3 Å². The molecule has 1 unspecified atom stereocenters. The molecule has 100 valence electrons. The molecule has 5 heteroatoms. The molecule has 0 aliphatic heterocycles. The zero-order chi connectivity index (χ0) is 13.8. The smallest absolute Gasteiger partial charge is 0.333 e. The lowest BCUT2D eigenvalue weighted by Gasteiger charge is -2.17. The Bertz CT molecular complexity index is 582. The third-order valence-corrected chi connectivity index (χ3v) is 4.31. The molecule has 1 N–H and O–H groups in total. The molecule has 0 spiro atoms. The second kappa shape index (κ2) is 6.21. The summed E-state index contributed by atoms with van der Waals surface area (Å²) in [6.07, 6.45) is 0. The summed E-state index contributed by atoms with van der Waals surface area (Å²) < 4.78 is 5.85. The Morgan fingerprint density at radius 3 is 2.79 bits per heavy atom. The molecule has 0 radical (unpaired) electrons. The molecule has 1 aromatic heterocycles. The molecule has 0 aliphatic rings. The van der Waals surface area contributed by atoms with Crippen LogP contribution in [0.5, 0.6) is 0 Å². The van der Waals surface area contributed by atoms with Crippen molar-refractivity contribution in [2.45, 2.75) is 13.0 Å². The summed E-state index contributed by atoms with van der Waals surface area (Å²) in [6.45, 7) is 1.99. The number of aryl methyl sites for hydroxylation is 1. The van der Waals surface area contributed by atoms with E-state index in [2.05, 4.69) is 21.2 Å². The molecule has 0 bridgehead atoms. The summed E-state index contributed by atoms with van der Waals surface area (Å²) in [7, 11) is 1.40. The van der Waals surface area contributed by atoms with Crippen molar-refractivity contribution < 1.29 is 9.53 Å². The molecular formula is C14H14BrNO2S. The van der Waals surface area contributed by atoms with Gasteiger partial charge < -0.3 is 10.1 Å². The Kier molecular flexibility index (Phi) is 4.61. The number of methoxy groups -OCH3 is 1. The number of esters is 1. The molecule has 1 atom stereocenters. The van der Waals surface area contributed by atoms with E-state index in [0.29, 0.717) is 0 Å². The van der Waals surface area contributed by atoms with Gasteiger partial charge in [-0.2, -0.15) is 0 Å². The van der Waals surface area contributed by atoms with Crippen molar-refractivity contribution in [1.29, 1.82) is 0 Å². The molecule has 1 heterocycles. The minimum absolute atomic E-state index is 0.287. The molecule has 19 heavy (non-hydrogen) atoms. The van der Waals surface area contributed by atoms with Gasteiger partial charge in [0.05, 0.1) is 7.11 Å². The van der Waals surface area contributed by atoms with Gasteiger partial charge in [-0.15, -0.1) is 11.3 Å². The van der Waals surface area contributed by atoms with Crippen LogP contribution in [0.3, 0.4) is 0 Å². The van der Waals surface area contributed by atoms with Crippen LogP contribution in [0.4, 0.5) is 5.69 Å². The van der Waals surface area contributed by atoms with E-state index in [-0.39, 0.29) is 5.97 Å². The zero-order valence-corrected chi connectivity index (χ0v) is 13.0. The van der Waals surface area contributed by atoms with Crippen LogP contribution in [0, 0.1) is 6.92 Å². The largest absolute Gasteiger partial charge is 0.467 e. The molecule has 0 fully saturated rings. The van der Waals surface area contributed by atoms with Crippen molar-refractivity contribution >= 4 is 38.9 Å². The summed E-state index contributed by atoms with van der Waals surface area (Å²) in [6, 6.07) is 9.23.